The van der Waals surface area contributed by atoms with Crippen LogP contribution in [0.3, 0.4) is 0 Å². The van der Waals surface area contributed by atoms with E-state index in [0.29, 0.717) is 5.56 Å². The zero-order chi connectivity index (χ0) is 16.4. The fourth-order valence-corrected chi connectivity index (χ4v) is 3.10. The topological polar surface area (TPSA) is 51.2 Å². The molecule has 3 aromatic rings. The van der Waals surface area contributed by atoms with Crippen molar-refractivity contribution in [1.82, 2.24) is 4.98 Å². The Labute approximate surface area is 142 Å². The number of fused-ring (bicyclic) bond motifs is 1. The van der Waals surface area contributed by atoms with E-state index in [1.54, 1.807) is 18.3 Å². The Bertz CT molecular complexity index is 876. The summed E-state index contributed by atoms with van der Waals surface area (Å²) in [6, 6.07) is 13.2. The molecule has 5 heteroatoms. The molecule has 0 spiro atoms. The van der Waals surface area contributed by atoms with Crippen molar-refractivity contribution in [3.8, 4) is 0 Å². The highest BCUT2D eigenvalue weighted by Crippen LogP contribution is 2.30. The summed E-state index contributed by atoms with van der Waals surface area (Å²) in [6.45, 7) is 2.05. The first-order valence-electron chi connectivity index (χ1n) is 7.09. The number of pyridine rings is 1. The number of ether oxygens (including phenoxy) is 1. The Balaban J connectivity index is 1.97. The molecule has 1 N–H and O–H groups in total. The Morgan fingerprint density at radius 3 is 2.61 bits per heavy atom. The monoisotopic (exact) mass is 370 g/mol. The van der Waals surface area contributed by atoms with Crippen molar-refractivity contribution in [3.63, 3.8) is 0 Å². The molecule has 0 saturated carbocycles. The number of rotatable bonds is 3. The fourth-order valence-electron chi connectivity index (χ4n) is 2.42. The van der Waals surface area contributed by atoms with Crippen LogP contribution in [0.15, 0.2) is 53.1 Å². The number of anilines is 2. The molecule has 1 aromatic heterocycles. The lowest BCUT2D eigenvalue weighted by atomic mass is 10.1. The number of esters is 1. The maximum absolute atomic E-state index is 11.5. The second-order valence-corrected chi connectivity index (χ2v) is 6.05. The molecule has 3 rings (SSSR count). The van der Waals surface area contributed by atoms with Gasteiger partial charge in [-0.2, -0.15) is 0 Å². The second kappa shape index (κ2) is 6.38. The van der Waals surface area contributed by atoms with E-state index in [0.717, 1.165) is 32.3 Å². The van der Waals surface area contributed by atoms with Gasteiger partial charge in [0.25, 0.3) is 0 Å². The van der Waals surface area contributed by atoms with Gasteiger partial charge in [-0.3, -0.25) is 4.98 Å². The molecule has 0 amide bonds. The van der Waals surface area contributed by atoms with E-state index in [1.807, 2.05) is 31.2 Å². The van der Waals surface area contributed by atoms with E-state index in [1.165, 1.54) is 7.11 Å². The summed E-state index contributed by atoms with van der Waals surface area (Å²) in [5.41, 5.74) is 4.44. The summed E-state index contributed by atoms with van der Waals surface area (Å²) < 4.78 is 5.68. The summed E-state index contributed by atoms with van der Waals surface area (Å²) in [7, 11) is 1.37. The molecule has 0 fully saturated rings. The summed E-state index contributed by atoms with van der Waals surface area (Å²) in [4.78, 5) is 15.9. The highest BCUT2D eigenvalue weighted by atomic mass is 79.9. The molecule has 116 valence electrons. The minimum atomic E-state index is -0.342. The maximum Gasteiger partial charge on any atom is 0.337 e. The molecule has 1 heterocycles. The van der Waals surface area contributed by atoms with Crippen molar-refractivity contribution in [2.75, 3.05) is 12.4 Å². The number of methoxy groups -OCH3 is 1. The van der Waals surface area contributed by atoms with Gasteiger partial charge in [0.2, 0.25) is 0 Å². The molecule has 0 radical (unpaired) electrons. The number of benzene rings is 2. The van der Waals surface area contributed by atoms with Gasteiger partial charge in [-0.1, -0.05) is 0 Å². The third-order valence-corrected chi connectivity index (χ3v) is 4.13. The minimum Gasteiger partial charge on any atom is -0.465 e. The number of aromatic nitrogens is 1. The van der Waals surface area contributed by atoms with Gasteiger partial charge in [0.15, 0.2) is 0 Å². The quantitative estimate of drug-likeness (QED) is 0.670. The normalized spacial score (nSPS) is 10.6. The number of hydrogen-bond donors (Lipinski definition) is 1. The molecule has 23 heavy (non-hydrogen) atoms. The van der Waals surface area contributed by atoms with Crippen LogP contribution in [0.1, 0.15) is 15.9 Å². The summed E-state index contributed by atoms with van der Waals surface area (Å²) in [5, 5.41) is 4.41. The number of nitrogens with one attached hydrogen (secondary N) is 1. The van der Waals surface area contributed by atoms with Crippen molar-refractivity contribution >= 4 is 44.2 Å². The highest BCUT2D eigenvalue weighted by Gasteiger charge is 2.08. The Morgan fingerprint density at radius 1 is 1.17 bits per heavy atom. The van der Waals surface area contributed by atoms with Crippen LogP contribution < -0.4 is 5.32 Å². The van der Waals surface area contributed by atoms with Crippen LogP contribution in [-0.2, 0) is 4.74 Å². The van der Waals surface area contributed by atoms with Crippen molar-refractivity contribution in [2.24, 2.45) is 0 Å². The van der Waals surface area contributed by atoms with Crippen LogP contribution in [0, 0.1) is 6.92 Å². The van der Waals surface area contributed by atoms with E-state index in [-0.39, 0.29) is 5.97 Å². The first-order chi connectivity index (χ1) is 11.1. The first kappa shape index (κ1) is 15.5. The van der Waals surface area contributed by atoms with Crippen LogP contribution in [-0.4, -0.2) is 18.1 Å². The molecule has 0 saturated heterocycles. The predicted octanol–water partition coefficient (Wildman–Crippen LogP) is 4.84. The molecule has 0 aliphatic heterocycles. The van der Waals surface area contributed by atoms with Crippen molar-refractivity contribution in [2.45, 2.75) is 6.92 Å². The van der Waals surface area contributed by atoms with Crippen molar-refractivity contribution in [3.05, 3.63) is 64.3 Å². The number of hydrogen-bond acceptors (Lipinski definition) is 4. The summed E-state index contributed by atoms with van der Waals surface area (Å²) in [5.74, 6) is -0.342. The summed E-state index contributed by atoms with van der Waals surface area (Å²) >= 11 is 3.56. The van der Waals surface area contributed by atoms with Crippen LogP contribution in [0.5, 0.6) is 0 Å². The van der Waals surface area contributed by atoms with Gasteiger partial charge in [-0.05, 0) is 70.9 Å². The predicted molar refractivity (Wildman–Crippen MR) is 95.2 cm³/mol. The lowest BCUT2D eigenvalue weighted by Gasteiger charge is -2.11. The third-order valence-electron chi connectivity index (χ3n) is 3.53. The molecule has 4 nitrogen and oxygen atoms in total. The Morgan fingerprint density at radius 2 is 1.91 bits per heavy atom. The largest absolute Gasteiger partial charge is 0.465 e. The number of aryl methyl sites for hydroxylation is 1. The SMILES string of the molecule is COC(=O)c1ccc(Nc2ccnc3c(Br)cc(C)cc23)cc1. The molecule has 0 unspecified atom stereocenters. The number of nitrogens with zero attached hydrogens (tertiary/aromatic N) is 1. The number of carbonyl (C=O) groups is 1. The van der Waals surface area contributed by atoms with Crippen LogP contribution in [0.2, 0.25) is 0 Å². The van der Waals surface area contributed by atoms with Crippen LogP contribution >= 0.6 is 15.9 Å². The Hall–Kier alpha value is -2.40. The van der Waals surface area contributed by atoms with Crippen LogP contribution in [0.4, 0.5) is 11.4 Å². The third kappa shape index (κ3) is 3.19. The van der Waals surface area contributed by atoms with E-state index >= 15 is 0 Å². The van der Waals surface area contributed by atoms with Gasteiger partial charge < -0.3 is 10.1 Å². The fraction of sp³-hybridized carbons (Fsp3) is 0.111. The molecule has 0 aliphatic carbocycles. The smallest absolute Gasteiger partial charge is 0.337 e. The van der Waals surface area contributed by atoms with Crippen molar-refractivity contribution in [1.29, 1.82) is 0 Å². The van der Waals surface area contributed by atoms with Gasteiger partial charge >= 0.3 is 5.97 Å². The lowest BCUT2D eigenvalue weighted by Crippen LogP contribution is -2.01. The zero-order valence-corrected chi connectivity index (χ0v) is 14.3. The van der Waals surface area contributed by atoms with E-state index in [2.05, 4.69) is 32.3 Å². The highest BCUT2D eigenvalue weighted by molar-refractivity contribution is 9.10. The van der Waals surface area contributed by atoms with Gasteiger partial charge in [-0.25, -0.2) is 4.79 Å². The molecule has 0 aliphatic rings. The minimum absolute atomic E-state index is 0.342. The van der Waals surface area contributed by atoms with E-state index in [9.17, 15) is 4.79 Å². The molecule has 0 bridgehead atoms. The Kier molecular flexibility index (Phi) is 4.30. The van der Waals surface area contributed by atoms with Gasteiger partial charge in [0.1, 0.15) is 0 Å². The van der Waals surface area contributed by atoms with Gasteiger partial charge in [-0.15, -0.1) is 0 Å². The lowest BCUT2D eigenvalue weighted by molar-refractivity contribution is 0.0601. The average molecular weight is 371 g/mol. The summed E-state index contributed by atoms with van der Waals surface area (Å²) in [6.07, 6.45) is 1.77. The van der Waals surface area contributed by atoms with Gasteiger partial charge in [0.05, 0.1) is 18.2 Å². The first-order valence-corrected chi connectivity index (χ1v) is 7.88. The molecule has 0 atom stereocenters. The zero-order valence-electron chi connectivity index (χ0n) is 12.8. The second-order valence-electron chi connectivity index (χ2n) is 5.20. The number of carbonyl (C=O) groups excluding carboxylic acids is 1. The number of halogens is 1. The standard InChI is InChI=1S/C18H15BrN2O2/c1-11-9-14-16(7-8-20-17(14)15(19)10-11)21-13-5-3-12(4-6-13)18(22)23-2/h3-10H,1-2H3,(H,20,21). The van der Waals surface area contributed by atoms with Crippen LogP contribution in [0.25, 0.3) is 10.9 Å². The van der Waals surface area contributed by atoms with E-state index < -0.39 is 0 Å². The van der Waals surface area contributed by atoms with E-state index in [4.69, 9.17) is 4.74 Å². The molecular formula is C18H15BrN2O2. The average Bonchev–Trinajstić information content (AvgIpc) is 2.55. The van der Waals surface area contributed by atoms with Gasteiger partial charge in [0, 0.05) is 27.4 Å². The molecule has 2 aromatic carbocycles. The molecular weight excluding hydrogens is 356 g/mol. The maximum atomic E-state index is 11.5. The van der Waals surface area contributed by atoms with Crippen molar-refractivity contribution < 1.29 is 9.53 Å².